The van der Waals surface area contributed by atoms with Crippen molar-refractivity contribution < 1.29 is 14.7 Å². The molecule has 2 N–H and O–H groups in total. The molecule has 3 rings (SSSR count). The zero-order valence-electron chi connectivity index (χ0n) is 13.5. The normalized spacial score (nSPS) is 20.7. The summed E-state index contributed by atoms with van der Waals surface area (Å²) in [6.45, 7) is 0. The van der Waals surface area contributed by atoms with Gasteiger partial charge < -0.3 is 15.3 Å². The lowest BCUT2D eigenvalue weighted by Crippen LogP contribution is -2.44. The van der Waals surface area contributed by atoms with E-state index in [1.165, 1.54) is 6.07 Å². The Morgan fingerprint density at radius 1 is 1.12 bits per heavy atom. The maximum Gasteiger partial charge on any atom is 0.230 e. The molecule has 2 aromatic rings. The molecule has 24 heavy (non-hydrogen) atoms. The zero-order chi connectivity index (χ0) is 17.1. The van der Waals surface area contributed by atoms with Crippen LogP contribution in [0.4, 0.5) is 5.69 Å². The summed E-state index contributed by atoms with van der Waals surface area (Å²) in [6.07, 6.45) is 0.834. The van der Waals surface area contributed by atoms with Gasteiger partial charge in [0.1, 0.15) is 5.75 Å². The van der Waals surface area contributed by atoms with Gasteiger partial charge >= 0.3 is 0 Å². The van der Waals surface area contributed by atoms with Gasteiger partial charge in [0.15, 0.2) is 0 Å². The molecule has 1 saturated heterocycles. The van der Waals surface area contributed by atoms with Gasteiger partial charge in [0.25, 0.3) is 0 Å². The van der Waals surface area contributed by atoms with Crippen molar-refractivity contribution in [1.82, 2.24) is 4.90 Å². The van der Waals surface area contributed by atoms with E-state index in [1.54, 1.807) is 30.1 Å². The van der Waals surface area contributed by atoms with Crippen LogP contribution in [0, 0.1) is 5.92 Å². The minimum atomic E-state index is -0.366. The smallest absolute Gasteiger partial charge is 0.230 e. The number of anilines is 1. The van der Waals surface area contributed by atoms with Crippen LogP contribution in [0.5, 0.6) is 5.75 Å². The Labute approximate surface area is 140 Å². The number of benzene rings is 2. The van der Waals surface area contributed by atoms with Crippen molar-refractivity contribution in [3.8, 4) is 5.75 Å². The predicted molar refractivity (Wildman–Crippen MR) is 91.4 cm³/mol. The van der Waals surface area contributed by atoms with Crippen molar-refractivity contribution in [1.29, 1.82) is 0 Å². The lowest BCUT2D eigenvalue weighted by Gasteiger charge is -2.38. The van der Waals surface area contributed by atoms with Crippen LogP contribution in [-0.2, 0) is 9.59 Å². The Kier molecular flexibility index (Phi) is 4.51. The van der Waals surface area contributed by atoms with E-state index >= 15 is 0 Å². The van der Waals surface area contributed by atoms with E-state index in [2.05, 4.69) is 5.32 Å². The predicted octanol–water partition coefficient (Wildman–Crippen LogP) is 2.94. The molecule has 0 aliphatic carbocycles. The molecule has 2 aromatic carbocycles. The third kappa shape index (κ3) is 3.11. The fourth-order valence-electron chi connectivity index (χ4n) is 3.22. The van der Waals surface area contributed by atoms with Gasteiger partial charge in [0, 0.05) is 13.5 Å². The number of nitrogens with one attached hydrogen (secondary N) is 1. The molecule has 2 atom stereocenters. The van der Waals surface area contributed by atoms with Crippen LogP contribution in [-0.4, -0.2) is 28.9 Å². The van der Waals surface area contributed by atoms with Crippen LogP contribution in [0.3, 0.4) is 0 Å². The molecule has 1 fully saturated rings. The molecular weight excluding hydrogens is 304 g/mol. The van der Waals surface area contributed by atoms with E-state index in [4.69, 9.17) is 0 Å². The summed E-state index contributed by atoms with van der Waals surface area (Å²) in [4.78, 5) is 26.6. The molecule has 0 bridgehead atoms. The molecule has 0 aromatic heterocycles. The first kappa shape index (κ1) is 16.1. The van der Waals surface area contributed by atoms with Gasteiger partial charge in [-0.25, -0.2) is 0 Å². The second-order valence-corrected chi connectivity index (χ2v) is 6.01. The van der Waals surface area contributed by atoms with Gasteiger partial charge in [-0.1, -0.05) is 42.5 Å². The molecule has 1 aliphatic heterocycles. The lowest BCUT2D eigenvalue weighted by molar-refractivity contribution is -0.140. The Morgan fingerprint density at radius 2 is 1.79 bits per heavy atom. The number of phenolic OH excluding ortho intramolecular Hbond substituents is 1. The third-order valence-electron chi connectivity index (χ3n) is 4.50. The van der Waals surface area contributed by atoms with E-state index in [1.807, 2.05) is 30.3 Å². The monoisotopic (exact) mass is 324 g/mol. The SMILES string of the molecule is CN1C(=O)CC[C@@H](C(=O)Nc2ccccc2O)[C@H]1c1ccccc1. The highest BCUT2D eigenvalue weighted by Gasteiger charge is 2.38. The van der Waals surface area contributed by atoms with Crippen LogP contribution in [0.25, 0.3) is 0 Å². The van der Waals surface area contributed by atoms with Gasteiger partial charge in [0.2, 0.25) is 11.8 Å². The van der Waals surface area contributed by atoms with E-state index in [0.29, 0.717) is 18.5 Å². The number of para-hydroxylation sites is 2. The van der Waals surface area contributed by atoms with Crippen molar-refractivity contribution in [2.24, 2.45) is 5.92 Å². The summed E-state index contributed by atoms with van der Waals surface area (Å²) in [7, 11) is 1.74. The Balaban J connectivity index is 1.88. The van der Waals surface area contributed by atoms with E-state index < -0.39 is 0 Å². The Hall–Kier alpha value is -2.82. The molecule has 1 heterocycles. The first-order chi connectivity index (χ1) is 11.6. The molecule has 124 valence electrons. The molecule has 2 amide bonds. The average molecular weight is 324 g/mol. The minimum absolute atomic E-state index is 0.0300. The van der Waals surface area contributed by atoms with Crippen LogP contribution in [0.1, 0.15) is 24.4 Å². The van der Waals surface area contributed by atoms with Gasteiger partial charge in [-0.15, -0.1) is 0 Å². The zero-order valence-corrected chi connectivity index (χ0v) is 13.5. The Morgan fingerprint density at radius 3 is 2.50 bits per heavy atom. The topological polar surface area (TPSA) is 69.6 Å². The summed E-state index contributed by atoms with van der Waals surface area (Å²) in [5.41, 5.74) is 1.32. The summed E-state index contributed by atoms with van der Waals surface area (Å²) in [5.74, 6) is -0.489. The number of carbonyl (C=O) groups excluding carboxylic acids is 2. The highest BCUT2D eigenvalue weighted by molar-refractivity contribution is 5.95. The summed E-state index contributed by atoms with van der Waals surface area (Å²) < 4.78 is 0. The number of amides is 2. The summed E-state index contributed by atoms with van der Waals surface area (Å²) >= 11 is 0. The number of hydrogen-bond acceptors (Lipinski definition) is 3. The largest absolute Gasteiger partial charge is 0.506 e. The molecule has 0 unspecified atom stereocenters. The highest BCUT2D eigenvalue weighted by Crippen LogP contribution is 2.36. The van der Waals surface area contributed by atoms with E-state index in [9.17, 15) is 14.7 Å². The molecule has 0 radical (unpaired) electrons. The maximum atomic E-state index is 12.8. The van der Waals surface area contributed by atoms with Gasteiger partial charge in [-0.3, -0.25) is 9.59 Å². The summed E-state index contributed by atoms with van der Waals surface area (Å²) in [6, 6.07) is 15.9. The van der Waals surface area contributed by atoms with Crippen LogP contribution in [0.2, 0.25) is 0 Å². The number of phenols is 1. The fraction of sp³-hybridized carbons (Fsp3) is 0.263. The fourth-order valence-corrected chi connectivity index (χ4v) is 3.22. The standard InChI is InChI=1S/C19H20N2O3/c1-21-17(23)12-11-14(18(21)13-7-3-2-4-8-13)19(24)20-15-9-5-6-10-16(15)22/h2-10,14,18,22H,11-12H2,1H3,(H,20,24)/t14-,18-/m1/s1. The van der Waals surface area contributed by atoms with Gasteiger partial charge in [-0.05, 0) is 24.1 Å². The Bertz CT molecular complexity index is 745. The van der Waals surface area contributed by atoms with Crippen molar-refractivity contribution in [3.05, 3.63) is 60.2 Å². The third-order valence-corrected chi connectivity index (χ3v) is 4.50. The number of nitrogens with zero attached hydrogens (tertiary/aromatic N) is 1. The number of rotatable bonds is 3. The van der Waals surface area contributed by atoms with E-state index in [0.717, 1.165) is 5.56 Å². The molecular formula is C19H20N2O3. The van der Waals surface area contributed by atoms with Crippen molar-refractivity contribution in [2.75, 3.05) is 12.4 Å². The van der Waals surface area contributed by atoms with Gasteiger partial charge in [-0.2, -0.15) is 0 Å². The summed E-state index contributed by atoms with van der Waals surface area (Å²) in [5, 5.41) is 12.6. The quantitative estimate of drug-likeness (QED) is 0.853. The molecule has 5 nitrogen and oxygen atoms in total. The first-order valence-electron chi connectivity index (χ1n) is 7.97. The van der Waals surface area contributed by atoms with Crippen molar-refractivity contribution in [3.63, 3.8) is 0 Å². The number of piperidine rings is 1. The van der Waals surface area contributed by atoms with Crippen LogP contribution < -0.4 is 5.32 Å². The minimum Gasteiger partial charge on any atom is -0.506 e. The number of hydrogen-bond donors (Lipinski definition) is 2. The average Bonchev–Trinajstić information content (AvgIpc) is 2.60. The number of carbonyl (C=O) groups is 2. The molecule has 0 saturated carbocycles. The van der Waals surface area contributed by atoms with Crippen LogP contribution in [0.15, 0.2) is 54.6 Å². The highest BCUT2D eigenvalue weighted by atomic mass is 16.3. The second kappa shape index (κ2) is 6.74. The lowest BCUT2D eigenvalue weighted by atomic mass is 9.84. The first-order valence-corrected chi connectivity index (χ1v) is 7.97. The molecule has 5 heteroatoms. The maximum absolute atomic E-state index is 12.8. The van der Waals surface area contributed by atoms with Crippen molar-refractivity contribution >= 4 is 17.5 Å². The number of aromatic hydroxyl groups is 1. The van der Waals surface area contributed by atoms with E-state index in [-0.39, 0.29) is 29.5 Å². The molecule has 0 spiro atoms. The van der Waals surface area contributed by atoms with Crippen LogP contribution >= 0.6 is 0 Å². The second-order valence-electron chi connectivity index (χ2n) is 6.01. The van der Waals surface area contributed by atoms with Crippen molar-refractivity contribution in [2.45, 2.75) is 18.9 Å². The number of likely N-dealkylation sites (tertiary alicyclic amines) is 1. The van der Waals surface area contributed by atoms with Gasteiger partial charge in [0.05, 0.1) is 17.6 Å². The molecule has 1 aliphatic rings.